The van der Waals surface area contributed by atoms with E-state index in [1.165, 1.54) is 0 Å². The van der Waals surface area contributed by atoms with E-state index in [1.54, 1.807) is 34.3 Å². The van der Waals surface area contributed by atoms with Gasteiger partial charge >= 0.3 is 0 Å². The Bertz CT molecular complexity index is 1910. The number of hydrogen-bond acceptors (Lipinski definition) is 7. The second kappa shape index (κ2) is 13.5. The molecule has 2 atom stereocenters. The first-order valence-electron chi connectivity index (χ1n) is 15.5. The number of aromatic nitrogens is 2. The van der Waals surface area contributed by atoms with Crippen molar-refractivity contribution in [2.45, 2.75) is 58.2 Å². The van der Waals surface area contributed by atoms with Crippen LogP contribution in [0.25, 0.3) is 21.8 Å². The van der Waals surface area contributed by atoms with E-state index >= 15 is 0 Å². The van der Waals surface area contributed by atoms with Crippen molar-refractivity contribution in [2.75, 3.05) is 21.3 Å². The molecule has 0 aliphatic heterocycles. The first kappa shape index (κ1) is 31.5. The summed E-state index contributed by atoms with van der Waals surface area (Å²) in [6, 6.07) is 19.2. The second-order valence-electron chi connectivity index (χ2n) is 11.9. The van der Waals surface area contributed by atoms with Crippen LogP contribution in [0.15, 0.2) is 70.0 Å². The fraction of sp³-hybridized carbons (Fsp3) is 0.361. The SMILES string of the molecule is COc1cc(CN(Cc2ccccc2)C(=O)CC2CCCC(n3c(=O)c4c(C)onc4c4c(Cl)cccc43)C2)cc(OC)c1OC. The van der Waals surface area contributed by atoms with Crippen LogP contribution in [0.2, 0.25) is 5.02 Å². The average Bonchev–Trinajstić information content (AvgIpc) is 3.46. The molecule has 0 bridgehead atoms. The number of amides is 1. The highest BCUT2D eigenvalue weighted by atomic mass is 35.5. The van der Waals surface area contributed by atoms with Gasteiger partial charge in [-0.15, -0.1) is 0 Å². The van der Waals surface area contributed by atoms with Gasteiger partial charge in [-0.3, -0.25) is 9.59 Å². The molecule has 0 saturated heterocycles. The molecule has 1 amide bonds. The van der Waals surface area contributed by atoms with Gasteiger partial charge in [0, 0.05) is 30.9 Å². The summed E-state index contributed by atoms with van der Waals surface area (Å²) in [6.07, 6.45) is 3.72. The number of halogens is 1. The van der Waals surface area contributed by atoms with Gasteiger partial charge in [0.05, 0.1) is 31.9 Å². The van der Waals surface area contributed by atoms with E-state index in [1.807, 2.05) is 64.1 Å². The van der Waals surface area contributed by atoms with E-state index in [4.69, 9.17) is 30.3 Å². The monoisotopic (exact) mass is 643 g/mol. The Balaban J connectivity index is 1.29. The fourth-order valence-electron chi connectivity index (χ4n) is 6.88. The molecule has 1 aliphatic carbocycles. The Morgan fingerprint density at radius 1 is 0.957 bits per heavy atom. The van der Waals surface area contributed by atoms with E-state index in [0.717, 1.165) is 35.9 Å². The maximum Gasteiger partial charge on any atom is 0.264 e. The molecule has 9 nitrogen and oxygen atoms in total. The largest absolute Gasteiger partial charge is 0.493 e. The molecule has 0 radical (unpaired) electrons. The van der Waals surface area contributed by atoms with Crippen molar-refractivity contribution in [3.8, 4) is 17.2 Å². The molecule has 1 saturated carbocycles. The number of pyridine rings is 1. The Kier molecular flexibility index (Phi) is 9.22. The van der Waals surface area contributed by atoms with Crippen molar-refractivity contribution in [1.82, 2.24) is 14.6 Å². The van der Waals surface area contributed by atoms with Gasteiger partial charge in [0.15, 0.2) is 11.5 Å². The summed E-state index contributed by atoms with van der Waals surface area (Å²) in [7, 11) is 4.73. The van der Waals surface area contributed by atoms with Crippen LogP contribution in [0.3, 0.4) is 0 Å². The number of fused-ring (bicyclic) bond motifs is 3. The summed E-state index contributed by atoms with van der Waals surface area (Å²) in [4.78, 5) is 30.0. The van der Waals surface area contributed by atoms with Gasteiger partial charge in [-0.2, -0.15) is 0 Å². The Labute approximate surface area is 272 Å². The summed E-state index contributed by atoms with van der Waals surface area (Å²) in [5.41, 5.74) is 3.01. The molecule has 3 aromatic carbocycles. The number of hydrogen-bond donors (Lipinski definition) is 0. The van der Waals surface area contributed by atoms with Crippen molar-refractivity contribution in [3.63, 3.8) is 0 Å². The number of rotatable bonds is 10. The van der Waals surface area contributed by atoms with E-state index in [9.17, 15) is 9.59 Å². The van der Waals surface area contributed by atoms with Crippen molar-refractivity contribution in [1.29, 1.82) is 0 Å². The van der Waals surface area contributed by atoms with Crippen LogP contribution in [-0.2, 0) is 17.9 Å². The predicted octanol–water partition coefficient (Wildman–Crippen LogP) is 7.48. The molecule has 1 aliphatic rings. The van der Waals surface area contributed by atoms with Crippen molar-refractivity contribution < 1.29 is 23.5 Å². The van der Waals surface area contributed by atoms with Gasteiger partial charge in [0.2, 0.25) is 11.7 Å². The minimum atomic E-state index is -0.131. The molecule has 2 unspecified atom stereocenters. The van der Waals surface area contributed by atoms with Crippen molar-refractivity contribution in [3.05, 3.63) is 92.9 Å². The van der Waals surface area contributed by atoms with E-state index in [0.29, 0.717) is 70.3 Å². The van der Waals surface area contributed by atoms with Crippen LogP contribution >= 0.6 is 11.6 Å². The highest BCUT2D eigenvalue weighted by Crippen LogP contribution is 2.40. The lowest BCUT2D eigenvalue weighted by Gasteiger charge is -2.33. The maximum atomic E-state index is 14.1. The van der Waals surface area contributed by atoms with Crippen LogP contribution in [0.1, 0.15) is 55.0 Å². The molecular weight excluding hydrogens is 606 g/mol. The number of methoxy groups -OCH3 is 3. The zero-order chi connectivity index (χ0) is 32.4. The van der Waals surface area contributed by atoms with Gasteiger partial charge in [-0.1, -0.05) is 59.6 Å². The van der Waals surface area contributed by atoms with Crippen LogP contribution < -0.4 is 19.8 Å². The molecule has 2 aromatic heterocycles. The van der Waals surface area contributed by atoms with Crippen molar-refractivity contribution >= 4 is 39.3 Å². The molecule has 0 spiro atoms. The molecule has 240 valence electrons. The number of carbonyl (C=O) groups is 1. The number of nitrogens with zero attached hydrogens (tertiary/aromatic N) is 3. The molecule has 2 heterocycles. The summed E-state index contributed by atoms with van der Waals surface area (Å²) >= 11 is 6.66. The highest BCUT2D eigenvalue weighted by molar-refractivity contribution is 6.37. The lowest BCUT2D eigenvalue weighted by molar-refractivity contribution is -0.133. The summed E-state index contributed by atoms with van der Waals surface area (Å²) < 4.78 is 24.0. The maximum absolute atomic E-state index is 14.1. The summed E-state index contributed by atoms with van der Waals surface area (Å²) in [5, 5.41) is 5.88. The topological polar surface area (TPSA) is 96.0 Å². The lowest BCUT2D eigenvalue weighted by atomic mass is 9.83. The Hall–Kier alpha value is -4.50. The molecule has 6 rings (SSSR count). The molecule has 5 aromatic rings. The van der Waals surface area contributed by atoms with Crippen LogP contribution in [0.4, 0.5) is 0 Å². The smallest absolute Gasteiger partial charge is 0.264 e. The van der Waals surface area contributed by atoms with Gasteiger partial charge in [0.1, 0.15) is 16.7 Å². The van der Waals surface area contributed by atoms with Gasteiger partial charge < -0.3 is 28.2 Å². The number of ether oxygens (including phenoxy) is 3. The predicted molar refractivity (Wildman–Crippen MR) is 178 cm³/mol. The second-order valence-corrected chi connectivity index (χ2v) is 12.3. The Morgan fingerprint density at radius 3 is 2.37 bits per heavy atom. The molecule has 0 N–H and O–H groups in total. The van der Waals surface area contributed by atoms with Gasteiger partial charge in [-0.05, 0) is 67.5 Å². The Morgan fingerprint density at radius 2 is 1.67 bits per heavy atom. The summed E-state index contributed by atoms with van der Waals surface area (Å²) in [6.45, 7) is 2.58. The average molecular weight is 644 g/mol. The van der Waals surface area contributed by atoms with Crippen LogP contribution in [0.5, 0.6) is 17.2 Å². The zero-order valence-electron chi connectivity index (χ0n) is 26.5. The van der Waals surface area contributed by atoms with Crippen molar-refractivity contribution in [2.24, 2.45) is 5.92 Å². The lowest BCUT2D eigenvalue weighted by Crippen LogP contribution is -2.34. The summed E-state index contributed by atoms with van der Waals surface area (Å²) in [5.74, 6) is 2.21. The number of carbonyl (C=O) groups excluding carboxylic acids is 1. The molecule has 10 heteroatoms. The third-order valence-electron chi connectivity index (χ3n) is 9.03. The third-order valence-corrected chi connectivity index (χ3v) is 9.35. The quantitative estimate of drug-likeness (QED) is 0.156. The normalized spacial score (nSPS) is 16.5. The standard InChI is InChI=1S/C36H38ClN3O6/c1-22-32-34(38-46-22)33-27(37)14-9-15-28(33)40(36(32)42)26-13-8-12-24(16-26)19-31(41)39(20-23-10-6-5-7-11-23)21-25-17-29(43-2)35(45-4)30(18-25)44-3/h5-7,9-11,14-15,17-18,24,26H,8,12-13,16,19-21H2,1-4H3. The number of benzene rings is 3. The molecular formula is C36H38ClN3O6. The first-order chi connectivity index (χ1) is 22.3. The molecule has 1 fully saturated rings. The molecule has 46 heavy (non-hydrogen) atoms. The zero-order valence-corrected chi connectivity index (χ0v) is 27.3. The minimum Gasteiger partial charge on any atom is -0.493 e. The van der Waals surface area contributed by atoms with E-state index in [-0.39, 0.29) is 23.4 Å². The fourth-order valence-corrected chi connectivity index (χ4v) is 7.14. The minimum absolute atomic E-state index is 0.0498. The van der Waals surface area contributed by atoms with E-state index in [2.05, 4.69) is 5.16 Å². The van der Waals surface area contributed by atoms with Gasteiger partial charge in [0.25, 0.3) is 5.56 Å². The highest BCUT2D eigenvalue weighted by Gasteiger charge is 2.30. The van der Waals surface area contributed by atoms with Crippen LogP contribution in [0, 0.1) is 12.8 Å². The van der Waals surface area contributed by atoms with Crippen LogP contribution in [-0.4, -0.2) is 41.9 Å². The van der Waals surface area contributed by atoms with E-state index < -0.39 is 0 Å². The first-order valence-corrected chi connectivity index (χ1v) is 15.9. The third kappa shape index (κ3) is 6.03. The van der Waals surface area contributed by atoms with Gasteiger partial charge in [-0.25, -0.2) is 0 Å². The number of aryl methyl sites for hydroxylation is 1.